The predicted molar refractivity (Wildman–Crippen MR) is 104 cm³/mol. The van der Waals surface area contributed by atoms with Crippen molar-refractivity contribution in [3.05, 3.63) is 58.8 Å². The molecule has 1 aliphatic rings. The second-order valence-corrected chi connectivity index (χ2v) is 7.38. The maximum atomic E-state index is 12.6. The third-order valence-corrected chi connectivity index (χ3v) is 5.67. The van der Waals surface area contributed by atoms with E-state index < -0.39 is 0 Å². The molecule has 26 heavy (non-hydrogen) atoms. The molecule has 1 fully saturated rings. The molecule has 0 radical (unpaired) electrons. The number of furan rings is 1. The number of hydrogen-bond donors (Lipinski definition) is 0. The van der Waals surface area contributed by atoms with Gasteiger partial charge < -0.3 is 14.2 Å². The molecule has 0 saturated carbocycles. The Balaban J connectivity index is 1.35. The highest BCUT2D eigenvalue weighted by Gasteiger charge is 2.23. The quantitative estimate of drug-likeness (QED) is 0.680. The maximum absolute atomic E-state index is 12.6. The fraction of sp³-hybridized carbons (Fsp3) is 0.263. The number of hydrogen-bond acceptors (Lipinski definition) is 5. The van der Waals surface area contributed by atoms with E-state index >= 15 is 0 Å². The number of benzene rings is 1. The molecule has 0 bridgehead atoms. The van der Waals surface area contributed by atoms with Gasteiger partial charge in [-0.25, -0.2) is 4.98 Å². The number of nitrogens with zero attached hydrogens (tertiary/aromatic N) is 3. The third kappa shape index (κ3) is 3.61. The first-order valence-electron chi connectivity index (χ1n) is 8.46. The average molecular weight is 388 g/mol. The van der Waals surface area contributed by atoms with Crippen molar-refractivity contribution in [2.45, 2.75) is 6.42 Å². The minimum Gasteiger partial charge on any atom is -0.462 e. The van der Waals surface area contributed by atoms with Crippen LogP contribution in [0.5, 0.6) is 0 Å². The van der Waals surface area contributed by atoms with Crippen molar-refractivity contribution in [3.63, 3.8) is 0 Å². The number of carbonyl (C=O) groups is 1. The number of rotatable bonds is 4. The molecule has 1 aromatic carbocycles. The molecular weight excluding hydrogens is 370 g/mol. The van der Waals surface area contributed by atoms with E-state index in [4.69, 9.17) is 16.0 Å². The zero-order valence-corrected chi connectivity index (χ0v) is 15.7. The van der Waals surface area contributed by atoms with Crippen molar-refractivity contribution in [1.82, 2.24) is 9.88 Å². The molecule has 3 aromatic rings. The lowest BCUT2D eigenvalue weighted by molar-refractivity contribution is -0.130. The highest BCUT2D eigenvalue weighted by molar-refractivity contribution is 7.13. The second-order valence-electron chi connectivity index (χ2n) is 6.12. The van der Waals surface area contributed by atoms with Crippen LogP contribution in [0.4, 0.5) is 5.69 Å². The maximum Gasteiger partial charge on any atom is 0.228 e. The minimum absolute atomic E-state index is 0.111. The number of carbonyl (C=O) groups excluding carboxylic acids is 1. The van der Waals surface area contributed by atoms with E-state index in [1.165, 1.54) is 11.3 Å². The second kappa shape index (κ2) is 7.51. The fourth-order valence-corrected chi connectivity index (χ4v) is 4.11. The zero-order chi connectivity index (χ0) is 17.9. The molecule has 1 aliphatic heterocycles. The van der Waals surface area contributed by atoms with Gasteiger partial charge in [-0.05, 0) is 24.3 Å². The lowest BCUT2D eigenvalue weighted by atomic mass is 10.2. The number of piperazine rings is 1. The number of amides is 1. The largest absolute Gasteiger partial charge is 0.462 e. The van der Waals surface area contributed by atoms with Crippen molar-refractivity contribution in [2.24, 2.45) is 0 Å². The molecule has 0 atom stereocenters. The molecule has 4 rings (SSSR count). The van der Waals surface area contributed by atoms with Gasteiger partial charge in [0.05, 0.1) is 29.1 Å². The van der Waals surface area contributed by atoms with Crippen molar-refractivity contribution < 1.29 is 9.21 Å². The van der Waals surface area contributed by atoms with E-state index in [-0.39, 0.29) is 5.91 Å². The molecular formula is C19H18ClN3O2S. The van der Waals surface area contributed by atoms with E-state index in [2.05, 4.69) is 9.88 Å². The van der Waals surface area contributed by atoms with Crippen LogP contribution in [0.3, 0.4) is 0 Å². The van der Waals surface area contributed by atoms with Gasteiger partial charge in [0.25, 0.3) is 0 Å². The molecule has 0 unspecified atom stereocenters. The average Bonchev–Trinajstić information content (AvgIpc) is 3.34. The number of thiazole rings is 1. The number of halogens is 1. The van der Waals surface area contributed by atoms with Gasteiger partial charge in [-0.15, -0.1) is 11.3 Å². The van der Waals surface area contributed by atoms with E-state index in [1.54, 1.807) is 6.26 Å². The lowest BCUT2D eigenvalue weighted by Gasteiger charge is -2.36. The summed E-state index contributed by atoms with van der Waals surface area (Å²) < 4.78 is 5.35. The van der Waals surface area contributed by atoms with Crippen molar-refractivity contribution >= 4 is 34.5 Å². The number of para-hydroxylation sites is 1. The van der Waals surface area contributed by atoms with Gasteiger partial charge in [0, 0.05) is 31.6 Å². The van der Waals surface area contributed by atoms with Crippen LogP contribution < -0.4 is 4.90 Å². The SMILES string of the molecule is O=C(Cc1csc(-c2ccco2)n1)N1CCN(c2ccccc2Cl)CC1. The number of aromatic nitrogens is 1. The predicted octanol–water partition coefficient (Wildman–Crippen LogP) is 3.95. The van der Waals surface area contributed by atoms with E-state index in [0.717, 1.165) is 40.3 Å². The van der Waals surface area contributed by atoms with Crippen molar-refractivity contribution in [3.8, 4) is 10.8 Å². The normalized spacial score (nSPS) is 14.7. The Morgan fingerprint density at radius 1 is 1.15 bits per heavy atom. The smallest absolute Gasteiger partial charge is 0.228 e. The van der Waals surface area contributed by atoms with Gasteiger partial charge in [0.2, 0.25) is 5.91 Å². The van der Waals surface area contributed by atoms with Gasteiger partial charge >= 0.3 is 0 Å². The lowest BCUT2D eigenvalue weighted by Crippen LogP contribution is -2.49. The summed E-state index contributed by atoms with van der Waals surface area (Å²) >= 11 is 7.77. The van der Waals surface area contributed by atoms with E-state index in [1.807, 2.05) is 46.7 Å². The van der Waals surface area contributed by atoms with Crippen LogP contribution in [0, 0.1) is 0 Å². The van der Waals surface area contributed by atoms with Crippen LogP contribution in [0.25, 0.3) is 10.8 Å². The summed E-state index contributed by atoms with van der Waals surface area (Å²) in [6.07, 6.45) is 1.95. The summed E-state index contributed by atoms with van der Waals surface area (Å²) in [6.45, 7) is 2.95. The molecule has 3 heterocycles. The van der Waals surface area contributed by atoms with E-state index in [0.29, 0.717) is 19.5 Å². The van der Waals surface area contributed by atoms with Gasteiger partial charge in [-0.1, -0.05) is 23.7 Å². The Morgan fingerprint density at radius 2 is 1.96 bits per heavy atom. The molecule has 1 amide bonds. The molecule has 1 saturated heterocycles. The molecule has 0 aliphatic carbocycles. The molecule has 7 heteroatoms. The van der Waals surface area contributed by atoms with Crippen LogP contribution >= 0.6 is 22.9 Å². The Hall–Kier alpha value is -2.31. The summed E-state index contributed by atoms with van der Waals surface area (Å²) in [4.78, 5) is 21.2. The standard InChI is InChI=1S/C19H18ClN3O2S/c20-15-4-1-2-5-16(15)22-7-9-23(10-8-22)18(24)12-14-13-26-19(21-14)17-6-3-11-25-17/h1-6,11,13H,7-10,12H2. The molecule has 0 N–H and O–H groups in total. The Morgan fingerprint density at radius 3 is 2.69 bits per heavy atom. The summed E-state index contributed by atoms with van der Waals surface area (Å²) in [7, 11) is 0. The van der Waals surface area contributed by atoms with Crippen LogP contribution in [0.1, 0.15) is 5.69 Å². The first kappa shape index (κ1) is 17.1. The Bertz CT molecular complexity index is 886. The highest BCUT2D eigenvalue weighted by Crippen LogP contribution is 2.27. The zero-order valence-electron chi connectivity index (χ0n) is 14.1. The molecule has 0 spiro atoms. The van der Waals surface area contributed by atoms with Crippen LogP contribution in [0.15, 0.2) is 52.5 Å². The van der Waals surface area contributed by atoms with Crippen molar-refractivity contribution in [1.29, 1.82) is 0 Å². The van der Waals surface area contributed by atoms with Gasteiger partial charge in [-0.3, -0.25) is 4.79 Å². The van der Waals surface area contributed by atoms with E-state index in [9.17, 15) is 4.79 Å². The minimum atomic E-state index is 0.111. The summed E-state index contributed by atoms with van der Waals surface area (Å²) in [6, 6.07) is 11.5. The third-order valence-electron chi connectivity index (χ3n) is 4.44. The Labute approximate surface area is 160 Å². The van der Waals surface area contributed by atoms with Gasteiger partial charge in [0.1, 0.15) is 0 Å². The highest BCUT2D eigenvalue weighted by atomic mass is 35.5. The van der Waals surface area contributed by atoms with Gasteiger partial charge in [0.15, 0.2) is 10.8 Å². The first-order chi connectivity index (χ1) is 12.7. The molecule has 5 nitrogen and oxygen atoms in total. The van der Waals surface area contributed by atoms with Crippen LogP contribution in [-0.4, -0.2) is 42.0 Å². The summed E-state index contributed by atoms with van der Waals surface area (Å²) in [5, 5.41) is 3.48. The summed E-state index contributed by atoms with van der Waals surface area (Å²) in [5.41, 5.74) is 1.82. The fourth-order valence-electron chi connectivity index (χ4n) is 3.07. The summed E-state index contributed by atoms with van der Waals surface area (Å²) in [5.74, 6) is 0.849. The monoisotopic (exact) mass is 387 g/mol. The topological polar surface area (TPSA) is 49.6 Å². The first-order valence-corrected chi connectivity index (χ1v) is 9.72. The van der Waals surface area contributed by atoms with Crippen LogP contribution in [-0.2, 0) is 11.2 Å². The van der Waals surface area contributed by atoms with Crippen LogP contribution in [0.2, 0.25) is 5.02 Å². The molecule has 134 valence electrons. The molecule has 2 aromatic heterocycles. The van der Waals surface area contributed by atoms with Gasteiger partial charge in [-0.2, -0.15) is 0 Å². The Kier molecular flexibility index (Phi) is 4.95. The number of anilines is 1. The van der Waals surface area contributed by atoms with Crippen molar-refractivity contribution in [2.75, 3.05) is 31.1 Å².